The molecule has 3 nitrogen and oxygen atoms in total. The fraction of sp³-hybridized carbons (Fsp3) is 0.941. The third-order valence-corrected chi connectivity index (χ3v) is 4.32. The number of hydrogen-bond donors (Lipinski definition) is 0. The number of carbonyl (C=O) groups excluding carboxylic acids is 1. The van der Waals surface area contributed by atoms with Crippen molar-refractivity contribution in [1.29, 1.82) is 0 Å². The van der Waals surface area contributed by atoms with Gasteiger partial charge in [-0.2, -0.15) is 0 Å². The van der Waals surface area contributed by atoms with Crippen LogP contribution in [0.15, 0.2) is 0 Å². The molecule has 2 saturated heterocycles. The molecule has 2 rings (SSSR count). The fourth-order valence-electron chi connectivity index (χ4n) is 3.25. The van der Waals surface area contributed by atoms with E-state index < -0.39 is 0 Å². The molecule has 2 aliphatic heterocycles. The smallest absolute Gasteiger partial charge is 0.225 e. The third kappa shape index (κ3) is 5.08. The molecule has 20 heavy (non-hydrogen) atoms. The van der Waals surface area contributed by atoms with Crippen molar-refractivity contribution in [1.82, 2.24) is 9.80 Å². The van der Waals surface area contributed by atoms with E-state index in [4.69, 9.17) is 0 Å². The lowest BCUT2D eigenvalue weighted by molar-refractivity contribution is -0.138. The van der Waals surface area contributed by atoms with Crippen molar-refractivity contribution in [2.45, 2.75) is 72.3 Å². The van der Waals surface area contributed by atoms with Gasteiger partial charge in [-0.25, -0.2) is 0 Å². The highest BCUT2D eigenvalue weighted by Gasteiger charge is 2.29. The van der Waals surface area contributed by atoms with Crippen molar-refractivity contribution in [3.8, 4) is 0 Å². The van der Waals surface area contributed by atoms with Crippen molar-refractivity contribution in [3.05, 3.63) is 0 Å². The van der Waals surface area contributed by atoms with E-state index in [1.807, 2.05) is 27.7 Å². The quantitative estimate of drug-likeness (QED) is 0.790. The zero-order valence-corrected chi connectivity index (χ0v) is 14.0. The van der Waals surface area contributed by atoms with Gasteiger partial charge in [-0.15, -0.1) is 0 Å². The molecule has 1 unspecified atom stereocenters. The maximum atomic E-state index is 12.3. The van der Waals surface area contributed by atoms with Crippen LogP contribution in [0.25, 0.3) is 0 Å². The molecule has 0 radical (unpaired) electrons. The SMILES string of the molecule is CC.CC(C)C(=O)N1CCCCC1CN1CCCCC1. The van der Waals surface area contributed by atoms with Gasteiger partial charge in [0.25, 0.3) is 0 Å². The Hall–Kier alpha value is -0.570. The Morgan fingerprint density at radius 1 is 1.00 bits per heavy atom. The number of carbonyl (C=O) groups is 1. The van der Waals surface area contributed by atoms with Gasteiger partial charge >= 0.3 is 0 Å². The highest BCUT2D eigenvalue weighted by Crippen LogP contribution is 2.21. The fourth-order valence-corrected chi connectivity index (χ4v) is 3.25. The van der Waals surface area contributed by atoms with Crippen LogP contribution < -0.4 is 0 Å². The first-order chi connectivity index (χ1) is 9.68. The molecule has 0 aliphatic carbocycles. The minimum absolute atomic E-state index is 0.145. The molecule has 0 aromatic carbocycles. The lowest BCUT2D eigenvalue weighted by Crippen LogP contribution is -2.51. The van der Waals surface area contributed by atoms with Gasteiger partial charge < -0.3 is 9.80 Å². The molecule has 3 heteroatoms. The summed E-state index contributed by atoms with van der Waals surface area (Å²) in [6, 6.07) is 0.478. The number of amides is 1. The first kappa shape index (κ1) is 17.5. The largest absolute Gasteiger partial charge is 0.338 e. The Balaban J connectivity index is 0.000000956. The molecule has 0 saturated carbocycles. The second kappa shape index (κ2) is 9.38. The van der Waals surface area contributed by atoms with E-state index >= 15 is 0 Å². The normalized spacial score (nSPS) is 24.2. The average Bonchev–Trinajstić information content (AvgIpc) is 2.50. The zero-order chi connectivity index (χ0) is 15.0. The van der Waals surface area contributed by atoms with Gasteiger partial charge in [-0.3, -0.25) is 4.79 Å². The number of hydrogen-bond acceptors (Lipinski definition) is 2. The van der Waals surface area contributed by atoms with Crippen molar-refractivity contribution in [2.75, 3.05) is 26.2 Å². The summed E-state index contributed by atoms with van der Waals surface area (Å²) in [6.45, 7) is 12.6. The summed E-state index contributed by atoms with van der Waals surface area (Å²) in [4.78, 5) is 17.0. The van der Waals surface area contributed by atoms with Crippen LogP contribution in [0, 0.1) is 5.92 Å². The van der Waals surface area contributed by atoms with Crippen LogP contribution in [0.1, 0.15) is 66.2 Å². The summed E-state index contributed by atoms with van der Waals surface area (Å²) >= 11 is 0. The highest BCUT2D eigenvalue weighted by molar-refractivity contribution is 5.78. The molecule has 2 heterocycles. The van der Waals surface area contributed by atoms with Gasteiger partial charge in [-0.05, 0) is 45.2 Å². The molecule has 118 valence electrons. The molecular formula is C17H34N2O. The summed E-state index contributed by atoms with van der Waals surface area (Å²) in [5.74, 6) is 0.503. The third-order valence-electron chi connectivity index (χ3n) is 4.32. The molecule has 1 amide bonds. The summed E-state index contributed by atoms with van der Waals surface area (Å²) in [6.07, 6.45) is 7.75. The van der Waals surface area contributed by atoms with Gasteiger partial charge in [0.15, 0.2) is 0 Å². The standard InChI is InChI=1S/C15H28N2O.C2H6/c1-13(2)15(18)17-11-7-4-8-14(17)12-16-9-5-3-6-10-16;1-2/h13-14H,3-12H2,1-2H3;1-2H3. The molecule has 0 N–H and O–H groups in total. The lowest BCUT2D eigenvalue weighted by Gasteiger charge is -2.40. The number of nitrogens with zero attached hydrogens (tertiary/aromatic N) is 2. The van der Waals surface area contributed by atoms with Gasteiger partial charge in [-0.1, -0.05) is 34.1 Å². The summed E-state index contributed by atoms with van der Waals surface area (Å²) in [7, 11) is 0. The Morgan fingerprint density at radius 3 is 2.20 bits per heavy atom. The maximum Gasteiger partial charge on any atom is 0.225 e. The Morgan fingerprint density at radius 2 is 1.60 bits per heavy atom. The van der Waals surface area contributed by atoms with E-state index in [1.165, 1.54) is 51.6 Å². The summed E-state index contributed by atoms with van der Waals surface area (Å²) < 4.78 is 0. The van der Waals surface area contributed by atoms with E-state index in [9.17, 15) is 4.79 Å². The van der Waals surface area contributed by atoms with Gasteiger partial charge in [0.1, 0.15) is 0 Å². The van der Waals surface area contributed by atoms with Gasteiger partial charge in [0.2, 0.25) is 5.91 Å². The topological polar surface area (TPSA) is 23.6 Å². The first-order valence-corrected chi connectivity index (χ1v) is 8.71. The molecule has 0 aromatic heterocycles. The molecule has 2 fully saturated rings. The van der Waals surface area contributed by atoms with Gasteiger partial charge in [0.05, 0.1) is 0 Å². The van der Waals surface area contributed by atoms with E-state index in [0.717, 1.165) is 13.1 Å². The lowest BCUT2D eigenvalue weighted by atomic mass is 9.98. The van der Waals surface area contributed by atoms with Crippen LogP contribution in [0.3, 0.4) is 0 Å². The Labute approximate surface area is 125 Å². The maximum absolute atomic E-state index is 12.3. The molecule has 1 atom stereocenters. The van der Waals surface area contributed by atoms with Crippen LogP contribution >= 0.6 is 0 Å². The molecule has 2 aliphatic rings. The minimum atomic E-state index is 0.145. The highest BCUT2D eigenvalue weighted by atomic mass is 16.2. The van der Waals surface area contributed by atoms with E-state index in [0.29, 0.717) is 11.9 Å². The van der Waals surface area contributed by atoms with Crippen molar-refractivity contribution < 1.29 is 4.79 Å². The molecule has 0 aromatic rings. The monoisotopic (exact) mass is 282 g/mol. The Bertz CT molecular complexity index is 272. The van der Waals surface area contributed by atoms with Crippen molar-refractivity contribution in [3.63, 3.8) is 0 Å². The van der Waals surface area contributed by atoms with Crippen LogP contribution in [0.2, 0.25) is 0 Å². The van der Waals surface area contributed by atoms with Crippen LogP contribution in [-0.2, 0) is 4.79 Å². The number of piperidine rings is 2. The molecular weight excluding hydrogens is 248 g/mol. The van der Waals surface area contributed by atoms with Crippen LogP contribution in [0.5, 0.6) is 0 Å². The van der Waals surface area contributed by atoms with E-state index in [1.54, 1.807) is 0 Å². The van der Waals surface area contributed by atoms with E-state index in [-0.39, 0.29) is 5.92 Å². The summed E-state index contributed by atoms with van der Waals surface area (Å²) in [5.41, 5.74) is 0. The number of rotatable bonds is 3. The predicted octanol–water partition coefficient (Wildman–Crippen LogP) is 3.54. The van der Waals surface area contributed by atoms with Crippen molar-refractivity contribution in [2.24, 2.45) is 5.92 Å². The zero-order valence-electron chi connectivity index (χ0n) is 14.0. The predicted molar refractivity (Wildman–Crippen MR) is 85.8 cm³/mol. The van der Waals surface area contributed by atoms with Crippen LogP contribution in [-0.4, -0.2) is 47.9 Å². The second-order valence-corrected chi connectivity index (χ2v) is 6.20. The van der Waals surface area contributed by atoms with Gasteiger partial charge in [0, 0.05) is 25.0 Å². The first-order valence-electron chi connectivity index (χ1n) is 8.71. The molecule has 0 bridgehead atoms. The molecule has 0 spiro atoms. The summed E-state index contributed by atoms with van der Waals surface area (Å²) in [5, 5.41) is 0. The average molecular weight is 282 g/mol. The second-order valence-electron chi connectivity index (χ2n) is 6.20. The van der Waals surface area contributed by atoms with Crippen molar-refractivity contribution >= 4 is 5.91 Å². The minimum Gasteiger partial charge on any atom is -0.338 e. The number of likely N-dealkylation sites (tertiary alicyclic amines) is 2. The van der Waals surface area contributed by atoms with Crippen LogP contribution in [0.4, 0.5) is 0 Å². The Kier molecular flexibility index (Phi) is 8.20. The van der Waals surface area contributed by atoms with E-state index in [2.05, 4.69) is 9.80 Å².